The Labute approximate surface area is 166 Å². The summed E-state index contributed by atoms with van der Waals surface area (Å²) in [6, 6.07) is 16.1. The fraction of sp³-hybridized carbons (Fsp3) is 0.381. The Morgan fingerprint density at radius 2 is 1.61 bits per heavy atom. The third-order valence-electron chi connectivity index (χ3n) is 4.89. The molecule has 7 heteroatoms. The molecule has 0 atom stereocenters. The highest BCUT2D eigenvalue weighted by Gasteiger charge is 2.28. The van der Waals surface area contributed by atoms with E-state index in [0.29, 0.717) is 43.2 Å². The van der Waals surface area contributed by atoms with Gasteiger partial charge in [-0.2, -0.15) is 4.31 Å². The SMILES string of the molecule is CCOC(=O)c1ccc(CCN2CCN(S(=O)(=O)c3ccccc3)CC2)cc1. The second-order valence-corrected chi connectivity index (χ2v) is 8.66. The van der Waals surface area contributed by atoms with Crippen LogP contribution in [-0.4, -0.2) is 62.9 Å². The highest BCUT2D eigenvalue weighted by Crippen LogP contribution is 2.17. The molecule has 0 saturated carbocycles. The largest absolute Gasteiger partial charge is 0.462 e. The van der Waals surface area contributed by atoms with E-state index in [1.54, 1.807) is 47.6 Å². The lowest BCUT2D eigenvalue weighted by Crippen LogP contribution is -2.48. The van der Waals surface area contributed by atoms with E-state index in [4.69, 9.17) is 4.74 Å². The van der Waals surface area contributed by atoms with Crippen molar-refractivity contribution >= 4 is 16.0 Å². The molecule has 2 aromatic carbocycles. The van der Waals surface area contributed by atoms with Gasteiger partial charge < -0.3 is 9.64 Å². The van der Waals surface area contributed by atoms with Gasteiger partial charge in [0.15, 0.2) is 0 Å². The maximum Gasteiger partial charge on any atom is 0.338 e. The second-order valence-electron chi connectivity index (χ2n) is 6.73. The lowest BCUT2D eigenvalue weighted by atomic mass is 10.1. The van der Waals surface area contributed by atoms with Crippen molar-refractivity contribution in [2.45, 2.75) is 18.2 Å². The summed E-state index contributed by atoms with van der Waals surface area (Å²) in [6.45, 7) is 5.44. The van der Waals surface area contributed by atoms with E-state index in [1.807, 2.05) is 18.2 Å². The standard InChI is InChI=1S/C21H26N2O4S/c1-2-27-21(24)19-10-8-18(9-11-19)12-13-22-14-16-23(17-15-22)28(25,26)20-6-4-3-5-7-20/h3-11H,2,12-17H2,1H3. The third-order valence-corrected chi connectivity index (χ3v) is 6.81. The third kappa shape index (κ3) is 4.98. The van der Waals surface area contributed by atoms with Crippen molar-refractivity contribution < 1.29 is 17.9 Å². The van der Waals surface area contributed by atoms with Crippen LogP contribution in [0.15, 0.2) is 59.5 Å². The first-order valence-electron chi connectivity index (χ1n) is 9.54. The van der Waals surface area contributed by atoms with Gasteiger partial charge in [0.25, 0.3) is 0 Å². The number of nitrogens with zero attached hydrogens (tertiary/aromatic N) is 2. The first-order chi connectivity index (χ1) is 13.5. The van der Waals surface area contributed by atoms with Crippen LogP contribution in [-0.2, 0) is 21.2 Å². The van der Waals surface area contributed by atoms with Gasteiger partial charge in [-0.05, 0) is 43.2 Å². The molecule has 0 aliphatic carbocycles. The molecule has 0 unspecified atom stereocenters. The van der Waals surface area contributed by atoms with Gasteiger partial charge in [0.1, 0.15) is 0 Å². The van der Waals surface area contributed by atoms with Crippen LogP contribution in [0.5, 0.6) is 0 Å². The summed E-state index contributed by atoms with van der Waals surface area (Å²) in [5, 5.41) is 0. The molecule has 28 heavy (non-hydrogen) atoms. The van der Waals surface area contributed by atoms with Crippen LogP contribution >= 0.6 is 0 Å². The summed E-state index contributed by atoms with van der Waals surface area (Å²) in [4.78, 5) is 14.3. The quantitative estimate of drug-likeness (QED) is 0.666. The van der Waals surface area contributed by atoms with Gasteiger partial charge in [-0.15, -0.1) is 0 Å². The average molecular weight is 403 g/mol. The summed E-state index contributed by atoms with van der Waals surface area (Å²) in [6.07, 6.45) is 0.856. The number of rotatable bonds is 7. The van der Waals surface area contributed by atoms with Crippen LogP contribution < -0.4 is 0 Å². The Morgan fingerprint density at radius 1 is 0.964 bits per heavy atom. The Hall–Kier alpha value is -2.22. The summed E-state index contributed by atoms with van der Waals surface area (Å²) in [5.74, 6) is -0.301. The number of hydrogen-bond donors (Lipinski definition) is 0. The minimum atomic E-state index is -3.41. The number of carbonyl (C=O) groups excluding carboxylic acids is 1. The molecule has 0 radical (unpaired) electrons. The number of carbonyl (C=O) groups is 1. The number of ether oxygens (including phenoxy) is 1. The van der Waals surface area contributed by atoms with E-state index in [1.165, 1.54) is 0 Å². The van der Waals surface area contributed by atoms with Crippen molar-refractivity contribution in [2.24, 2.45) is 0 Å². The van der Waals surface area contributed by atoms with Crippen molar-refractivity contribution in [2.75, 3.05) is 39.3 Å². The van der Waals surface area contributed by atoms with Crippen molar-refractivity contribution in [3.63, 3.8) is 0 Å². The highest BCUT2D eigenvalue weighted by atomic mass is 32.2. The lowest BCUT2D eigenvalue weighted by Gasteiger charge is -2.34. The van der Waals surface area contributed by atoms with Gasteiger partial charge in [0.05, 0.1) is 17.1 Å². The van der Waals surface area contributed by atoms with Crippen molar-refractivity contribution in [3.05, 3.63) is 65.7 Å². The molecule has 2 aromatic rings. The summed E-state index contributed by atoms with van der Waals surface area (Å²) < 4.78 is 31.9. The number of esters is 1. The smallest absolute Gasteiger partial charge is 0.338 e. The maximum absolute atomic E-state index is 12.7. The molecule has 0 aromatic heterocycles. The Kier molecular flexibility index (Phi) is 6.83. The van der Waals surface area contributed by atoms with Gasteiger partial charge >= 0.3 is 5.97 Å². The number of benzene rings is 2. The molecule has 1 fully saturated rings. The molecule has 0 N–H and O–H groups in total. The van der Waals surface area contributed by atoms with Crippen molar-refractivity contribution in [3.8, 4) is 0 Å². The minimum absolute atomic E-state index is 0.301. The van der Waals surface area contributed by atoms with Crippen LogP contribution in [0.25, 0.3) is 0 Å². The normalized spacial score (nSPS) is 16.0. The zero-order chi connectivity index (χ0) is 20.0. The summed E-state index contributed by atoms with van der Waals surface area (Å²) >= 11 is 0. The fourth-order valence-electron chi connectivity index (χ4n) is 3.24. The van der Waals surface area contributed by atoms with Crippen LogP contribution in [0.3, 0.4) is 0 Å². The van der Waals surface area contributed by atoms with Crippen LogP contribution in [0.1, 0.15) is 22.8 Å². The van der Waals surface area contributed by atoms with E-state index in [0.717, 1.165) is 18.5 Å². The Morgan fingerprint density at radius 3 is 2.21 bits per heavy atom. The van der Waals surface area contributed by atoms with Gasteiger partial charge in [0.2, 0.25) is 10.0 Å². The topological polar surface area (TPSA) is 66.9 Å². The monoisotopic (exact) mass is 402 g/mol. The van der Waals surface area contributed by atoms with Crippen LogP contribution in [0.2, 0.25) is 0 Å². The Bertz CT molecular complexity index is 874. The predicted octanol–water partition coefficient (Wildman–Crippen LogP) is 2.41. The molecule has 150 valence electrons. The minimum Gasteiger partial charge on any atom is -0.462 e. The van der Waals surface area contributed by atoms with E-state index >= 15 is 0 Å². The second kappa shape index (κ2) is 9.32. The molecular weight excluding hydrogens is 376 g/mol. The van der Waals surface area contributed by atoms with E-state index < -0.39 is 10.0 Å². The lowest BCUT2D eigenvalue weighted by molar-refractivity contribution is 0.0526. The molecule has 3 rings (SSSR count). The molecule has 1 aliphatic heterocycles. The number of piperazine rings is 1. The van der Waals surface area contributed by atoms with Gasteiger partial charge in [-0.1, -0.05) is 30.3 Å². The molecule has 1 saturated heterocycles. The zero-order valence-electron chi connectivity index (χ0n) is 16.1. The molecule has 1 heterocycles. The van der Waals surface area contributed by atoms with E-state index in [-0.39, 0.29) is 5.97 Å². The molecule has 6 nitrogen and oxygen atoms in total. The van der Waals surface area contributed by atoms with Gasteiger partial charge in [-0.25, -0.2) is 13.2 Å². The Balaban J connectivity index is 1.49. The average Bonchev–Trinajstić information content (AvgIpc) is 2.74. The zero-order valence-corrected chi connectivity index (χ0v) is 16.9. The van der Waals surface area contributed by atoms with Gasteiger partial charge in [0, 0.05) is 32.7 Å². The molecule has 0 spiro atoms. The highest BCUT2D eigenvalue weighted by molar-refractivity contribution is 7.89. The fourth-order valence-corrected chi connectivity index (χ4v) is 4.69. The summed E-state index contributed by atoms with van der Waals surface area (Å²) in [5.41, 5.74) is 1.71. The van der Waals surface area contributed by atoms with Crippen LogP contribution in [0, 0.1) is 0 Å². The first-order valence-corrected chi connectivity index (χ1v) is 11.0. The molecule has 0 bridgehead atoms. The predicted molar refractivity (Wildman–Crippen MR) is 108 cm³/mol. The molecule has 0 amide bonds. The first kappa shape index (κ1) is 20.5. The number of hydrogen-bond acceptors (Lipinski definition) is 5. The molecular formula is C21H26N2O4S. The van der Waals surface area contributed by atoms with Crippen molar-refractivity contribution in [1.82, 2.24) is 9.21 Å². The van der Waals surface area contributed by atoms with E-state index in [9.17, 15) is 13.2 Å². The van der Waals surface area contributed by atoms with Crippen LogP contribution in [0.4, 0.5) is 0 Å². The number of sulfonamides is 1. The molecule has 1 aliphatic rings. The van der Waals surface area contributed by atoms with Gasteiger partial charge in [-0.3, -0.25) is 0 Å². The summed E-state index contributed by atoms with van der Waals surface area (Å²) in [7, 11) is -3.41. The van der Waals surface area contributed by atoms with E-state index in [2.05, 4.69) is 4.90 Å². The van der Waals surface area contributed by atoms with Crippen molar-refractivity contribution in [1.29, 1.82) is 0 Å². The maximum atomic E-state index is 12.7.